The van der Waals surface area contributed by atoms with E-state index in [1.807, 2.05) is 5.48 Å². The van der Waals surface area contributed by atoms with Gasteiger partial charge in [-0.1, -0.05) is 0 Å². The Morgan fingerprint density at radius 2 is 2.30 bits per heavy atom. The summed E-state index contributed by atoms with van der Waals surface area (Å²) in [4.78, 5) is 12.0. The zero-order valence-corrected chi connectivity index (χ0v) is 10.3. The van der Waals surface area contributed by atoms with E-state index in [1.54, 1.807) is 4.57 Å². The Kier molecular flexibility index (Phi) is 3.14. The molecule has 0 aromatic carbocycles. The van der Waals surface area contributed by atoms with E-state index in [2.05, 4.69) is 15.0 Å². The number of imidazole rings is 1. The Labute approximate surface area is 112 Å². The summed E-state index contributed by atoms with van der Waals surface area (Å²) < 4.78 is 7.10. The SMILES string of the molecule is Nc1nc(NO)nc2c1ncn2[C@H]1C[C@H](O)[C@@H](CO)O1. The summed E-state index contributed by atoms with van der Waals surface area (Å²) in [6.45, 7) is -0.273. The lowest BCUT2D eigenvalue weighted by molar-refractivity contribution is -0.0432. The van der Waals surface area contributed by atoms with E-state index in [0.29, 0.717) is 17.6 Å². The summed E-state index contributed by atoms with van der Waals surface area (Å²) in [6.07, 6.45) is -0.173. The van der Waals surface area contributed by atoms with Gasteiger partial charge in [0.25, 0.3) is 5.95 Å². The number of aliphatic hydroxyl groups excluding tert-OH is 2. The maximum Gasteiger partial charge on any atom is 0.251 e. The van der Waals surface area contributed by atoms with Gasteiger partial charge < -0.3 is 20.7 Å². The van der Waals surface area contributed by atoms with Gasteiger partial charge in [-0.05, 0) is 0 Å². The minimum Gasteiger partial charge on any atom is -0.394 e. The van der Waals surface area contributed by atoms with E-state index in [1.165, 1.54) is 6.33 Å². The van der Waals surface area contributed by atoms with Crippen molar-refractivity contribution < 1.29 is 20.2 Å². The van der Waals surface area contributed by atoms with Gasteiger partial charge in [0.1, 0.15) is 17.8 Å². The molecular formula is C10H14N6O4. The molecule has 0 bridgehead atoms. The van der Waals surface area contributed by atoms with Crippen molar-refractivity contribution in [3.8, 4) is 0 Å². The molecule has 0 radical (unpaired) electrons. The average molecular weight is 282 g/mol. The first kappa shape index (κ1) is 13.0. The van der Waals surface area contributed by atoms with Crippen LogP contribution in [-0.4, -0.2) is 53.8 Å². The van der Waals surface area contributed by atoms with Crippen LogP contribution < -0.4 is 11.2 Å². The molecule has 1 saturated heterocycles. The van der Waals surface area contributed by atoms with Crippen LogP contribution in [0.5, 0.6) is 0 Å². The molecule has 0 saturated carbocycles. The van der Waals surface area contributed by atoms with Crippen molar-refractivity contribution >= 4 is 22.9 Å². The minimum atomic E-state index is -0.767. The molecule has 0 aliphatic carbocycles. The lowest BCUT2D eigenvalue weighted by atomic mass is 10.2. The lowest BCUT2D eigenvalue weighted by Crippen LogP contribution is -2.24. The highest BCUT2D eigenvalue weighted by molar-refractivity contribution is 5.82. The summed E-state index contributed by atoms with van der Waals surface area (Å²) >= 11 is 0. The van der Waals surface area contributed by atoms with E-state index < -0.39 is 18.4 Å². The number of aromatic nitrogens is 4. The molecule has 20 heavy (non-hydrogen) atoms. The molecule has 0 amide bonds. The predicted octanol–water partition coefficient (Wildman–Crippen LogP) is -1.15. The first-order valence-electron chi connectivity index (χ1n) is 5.98. The summed E-state index contributed by atoms with van der Waals surface area (Å²) in [7, 11) is 0. The minimum absolute atomic E-state index is 0.0611. The molecule has 0 unspecified atom stereocenters. The Hall–Kier alpha value is -2.01. The third kappa shape index (κ3) is 1.94. The second-order valence-corrected chi connectivity index (χ2v) is 4.48. The molecule has 10 nitrogen and oxygen atoms in total. The van der Waals surface area contributed by atoms with Crippen molar-refractivity contribution in [3.63, 3.8) is 0 Å². The summed E-state index contributed by atoms with van der Waals surface area (Å²) in [6, 6.07) is 0. The van der Waals surface area contributed by atoms with E-state index in [-0.39, 0.29) is 18.4 Å². The van der Waals surface area contributed by atoms with Crippen LogP contribution in [0.2, 0.25) is 0 Å². The molecule has 3 rings (SSSR count). The molecule has 1 fully saturated rings. The zero-order chi connectivity index (χ0) is 14.3. The molecular weight excluding hydrogens is 268 g/mol. The maximum absolute atomic E-state index is 9.76. The molecule has 3 heterocycles. The van der Waals surface area contributed by atoms with Crippen molar-refractivity contribution in [1.29, 1.82) is 0 Å². The maximum atomic E-state index is 9.76. The van der Waals surface area contributed by atoms with Gasteiger partial charge in [-0.15, -0.1) is 0 Å². The highest BCUT2D eigenvalue weighted by atomic mass is 16.5. The van der Waals surface area contributed by atoms with E-state index in [9.17, 15) is 5.11 Å². The Morgan fingerprint density at radius 3 is 2.95 bits per heavy atom. The molecule has 1 aliphatic heterocycles. The van der Waals surface area contributed by atoms with Crippen LogP contribution in [0.1, 0.15) is 12.6 Å². The van der Waals surface area contributed by atoms with Crippen LogP contribution in [0, 0.1) is 0 Å². The number of nitrogens with one attached hydrogen (secondary N) is 1. The number of anilines is 2. The third-order valence-electron chi connectivity index (χ3n) is 3.24. The van der Waals surface area contributed by atoms with Gasteiger partial charge in [0, 0.05) is 6.42 Å². The van der Waals surface area contributed by atoms with Gasteiger partial charge in [-0.25, -0.2) is 10.5 Å². The van der Waals surface area contributed by atoms with Crippen molar-refractivity contribution in [2.45, 2.75) is 24.9 Å². The van der Waals surface area contributed by atoms with Crippen molar-refractivity contribution in [2.75, 3.05) is 17.8 Å². The van der Waals surface area contributed by atoms with Crippen LogP contribution >= 0.6 is 0 Å². The smallest absolute Gasteiger partial charge is 0.251 e. The number of fused-ring (bicyclic) bond motifs is 1. The molecule has 2 aromatic heterocycles. The van der Waals surface area contributed by atoms with Crippen molar-refractivity contribution in [3.05, 3.63) is 6.33 Å². The number of ether oxygens (including phenoxy) is 1. The Morgan fingerprint density at radius 1 is 1.50 bits per heavy atom. The van der Waals surface area contributed by atoms with E-state index >= 15 is 0 Å². The number of hydrogen-bond acceptors (Lipinski definition) is 9. The zero-order valence-electron chi connectivity index (χ0n) is 10.3. The van der Waals surface area contributed by atoms with Gasteiger partial charge >= 0.3 is 0 Å². The number of nitrogens with two attached hydrogens (primary N) is 1. The number of aliphatic hydroxyl groups is 2. The van der Waals surface area contributed by atoms with E-state index in [0.717, 1.165) is 0 Å². The monoisotopic (exact) mass is 282 g/mol. The predicted molar refractivity (Wildman–Crippen MR) is 66.8 cm³/mol. The van der Waals surface area contributed by atoms with Gasteiger partial charge in [-0.3, -0.25) is 9.77 Å². The van der Waals surface area contributed by atoms with Crippen LogP contribution in [0.3, 0.4) is 0 Å². The van der Waals surface area contributed by atoms with Gasteiger partial charge in [0.2, 0.25) is 0 Å². The quantitative estimate of drug-likeness (QED) is 0.439. The molecule has 0 spiro atoms. The van der Waals surface area contributed by atoms with Crippen LogP contribution in [0.15, 0.2) is 6.33 Å². The molecule has 3 atom stereocenters. The molecule has 6 N–H and O–H groups in total. The second kappa shape index (κ2) is 4.83. The van der Waals surface area contributed by atoms with Crippen molar-refractivity contribution in [2.24, 2.45) is 0 Å². The average Bonchev–Trinajstić information content (AvgIpc) is 3.01. The fourth-order valence-electron chi connectivity index (χ4n) is 2.25. The van der Waals surface area contributed by atoms with Gasteiger partial charge in [-0.2, -0.15) is 9.97 Å². The fraction of sp³-hybridized carbons (Fsp3) is 0.500. The summed E-state index contributed by atoms with van der Waals surface area (Å²) in [5, 5.41) is 27.7. The van der Waals surface area contributed by atoms with Crippen LogP contribution in [0.4, 0.5) is 11.8 Å². The van der Waals surface area contributed by atoms with Gasteiger partial charge in [0.15, 0.2) is 11.5 Å². The highest BCUT2D eigenvalue weighted by Crippen LogP contribution is 2.31. The van der Waals surface area contributed by atoms with Crippen LogP contribution in [0.25, 0.3) is 11.2 Å². The molecule has 1 aliphatic rings. The number of hydrogen-bond donors (Lipinski definition) is 5. The Balaban J connectivity index is 2.02. The van der Waals surface area contributed by atoms with Gasteiger partial charge in [0.05, 0.1) is 19.0 Å². The first-order chi connectivity index (χ1) is 9.63. The van der Waals surface area contributed by atoms with Crippen LogP contribution in [-0.2, 0) is 4.74 Å². The largest absolute Gasteiger partial charge is 0.394 e. The lowest BCUT2D eigenvalue weighted by Gasteiger charge is -2.13. The number of nitrogen functional groups attached to an aromatic ring is 1. The molecule has 10 heteroatoms. The molecule has 2 aromatic rings. The van der Waals surface area contributed by atoms with E-state index in [4.69, 9.17) is 20.8 Å². The number of rotatable bonds is 3. The Bertz CT molecular complexity index is 631. The topological polar surface area (TPSA) is 152 Å². The third-order valence-corrected chi connectivity index (χ3v) is 3.24. The highest BCUT2D eigenvalue weighted by Gasteiger charge is 2.35. The first-order valence-corrected chi connectivity index (χ1v) is 5.98. The standard InChI is InChI=1S/C10H14N6O4/c11-8-7-9(14-10(13-8)15-19)16(3-12-7)6-1-4(18)5(2-17)20-6/h3-6,17-19H,1-2H2,(H3,11,13,14,15)/t4-,5+,6+/m0/s1. The summed E-state index contributed by atoms with van der Waals surface area (Å²) in [5.74, 6) is 0.0524. The number of nitrogens with zero attached hydrogens (tertiary/aromatic N) is 4. The summed E-state index contributed by atoms with van der Waals surface area (Å²) in [5.41, 5.74) is 8.28. The molecule has 108 valence electrons. The second-order valence-electron chi connectivity index (χ2n) is 4.48. The normalized spacial score (nSPS) is 26.2. The van der Waals surface area contributed by atoms with Crippen molar-refractivity contribution in [1.82, 2.24) is 19.5 Å². The fourth-order valence-corrected chi connectivity index (χ4v) is 2.25.